The van der Waals surface area contributed by atoms with Crippen molar-refractivity contribution in [2.24, 2.45) is 0 Å². The van der Waals surface area contributed by atoms with Gasteiger partial charge in [0.15, 0.2) is 0 Å². The topological polar surface area (TPSA) is 3.24 Å². The van der Waals surface area contributed by atoms with Gasteiger partial charge in [-0.15, -0.1) is 11.8 Å². The zero-order valence-electron chi connectivity index (χ0n) is 6.76. The first-order valence-corrected chi connectivity index (χ1v) is 4.86. The Hall–Kier alpha value is -0.110. The van der Waals surface area contributed by atoms with Crippen LogP contribution >= 0.6 is 11.8 Å². The highest BCUT2D eigenvalue weighted by Gasteiger charge is 2.07. The lowest BCUT2D eigenvalue weighted by Crippen LogP contribution is -2.13. The summed E-state index contributed by atoms with van der Waals surface area (Å²) in [5.74, 6) is 1.17. The zero-order chi connectivity index (χ0) is 7.40. The number of allylic oxidation sites excluding steroid dienone is 1. The van der Waals surface area contributed by atoms with E-state index in [1.54, 1.807) is 0 Å². The van der Waals surface area contributed by atoms with Crippen molar-refractivity contribution >= 4 is 11.8 Å². The fourth-order valence-electron chi connectivity index (χ4n) is 1.01. The maximum absolute atomic E-state index is 2.39. The molecule has 0 amide bonds. The predicted octanol–water partition coefficient (Wildman–Crippen LogP) is 2.65. The van der Waals surface area contributed by atoms with Gasteiger partial charge in [-0.3, -0.25) is 0 Å². The van der Waals surface area contributed by atoms with E-state index in [0.717, 1.165) is 0 Å². The number of unbranched alkanes of at least 4 members (excludes halogenated alkanes) is 1. The van der Waals surface area contributed by atoms with Crippen LogP contribution in [0, 0.1) is 0 Å². The van der Waals surface area contributed by atoms with E-state index in [1.807, 2.05) is 11.8 Å². The Bertz CT molecular complexity index is 131. The Kier molecular flexibility index (Phi) is 3.13. The molecule has 0 spiro atoms. The predicted molar refractivity (Wildman–Crippen MR) is 47.8 cm³/mol. The normalized spacial score (nSPS) is 17.8. The van der Waals surface area contributed by atoms with Gasteiger partial charge >= 0.3 is 0 Å². The molecule has 1 rings (SSSR count). The molecule has 0 aromatic rings. The second kappa shape index (κ2) is 3.91. The molecule has 0 radical (unpaired) electrons. The third-order valence-electron chi connectivity index (χ3n) is 1.62. The molecule has 1 aliphatic heterocycles. The average Bonchev–Trinajstić information content (AvgIpc) is 2.31. The smallest absolute Gasteiger partial charge is 0.0677 e. The van der Waals surface area contributed by atoms with Crippen molar-refractivity contribution < 1.29 is 0 Å². The molecule has 1 heterocycles. The van der Waals surface area contributed by atoms with Crippen molar-refractivity contribution in [3.63, 3.8) is 0 Å². The maximum atomic E-state index is 2.39. The van der Waals surface area contributed by atoms with Gasteiger partial charge in [-0.1, -0.05) is 13.3 Å². The summed E-state index contributed by atoms with van der Waals surface area (Å²) in [5.41, 5.74) is 0. The van der Waals surface area contributed by atoms with Gasteiger partial charge in [0.25, 0.3) is 0 Å². The highest BCUT2D eigenvalue weighted by Crippen LogP contribution is 2.24. The Labute approximate surface area is 67.5 Å². The van der Waals surface area contributed by atoms with Crippen LogP contribution in [0.5, 0.6) is 0 Å². The first-order chi connectivity index (χ1) is 4.83. The highest BCUT2D eigenvalue weighted by molar-refractivity contribution is 8.03. The van der Waals surface area contributed by atoms with Gasteiger partial charge in [-0.05, 0) is 18.2 Å². The first-order valence-electron chi connectivity index (χ1n) is 3.88. The summed E-state index contributed by atoms with van der Waals surface area (Å²) < 4.78 is 0. The molecule has 2 heteroatoms. The van der Waals surface area contributed by atoms with Crippen LogP contribution < -0.4 is 0 Å². The van der Waals surface area contributed by atoms with Gasteiger partial charge in [0, 0.05) is 12.7 Å². The van der Waals surface area contributed by atoms with Crippen molar-refractivity contribution in [3.05, 3.63) is 11.1 Å². The van der Waals surface area contributed by atoms with Crippen molar-refractivity contribution in [1.82, 2.24) is 4.90 Å². The van der Waals surface area contributed by atoms with Gasteiger partial charge in [0.1, 0.15) is 0 Å². The molecule has 0 saturated heterocycles. The summed E-state index contributed by atoms with van der Waals surface area (Å²) >= 11 is 1.94. The quantitative estimate of drug-likeness (QED) is 0.619. The molecule has 0 fully saturated rings. The molecule has 0 bridgehead atoms. The average molecular weight is 157 g/mol. The van der Waals surface area contributed by atoms with Crippen LogP contribution in [-0.2, 0) is 0 Å². The van der Waals surface area contributed by atoms with Crippen LogP contribution in [-0.4, -0.2) is 17.3 Å². The van der Waals surface area contributed by atoms with Gasteiger partial charge in [-0.2, -0.15) is 0 Å². The Morgan fingerprint density at radius 1 is 1.70 bits per heavy atom. The first kappa shape index (κ1) is 7.99. The van der Waals surface area contributed by atoms with E-state index in [-0.39, 0.29) is 0 Å². The van der Waals surface area contributed by atoms with Crippen molar-refractivity contribution in [2.45, 2.75) is 26.7 Å². The largest absolute Gasteiger partial charge is 0.367 e. The minimum Gasteiger partial charge on any atom is -0.367 e. The molecular formula is C8H15NS. The molecule has 0 unspecified atom stereocenters. The number of nitrogens with zero attached hydrogens (tertiary/aromatic N) is 1. The molecule has 58 valence electrons. The molecule has 1 nitrogen and oxygen atoms in total. The Morgan fingerprint density at radius 3 is 3.00 bits per heavy atom. The van der Waals surface area contributed by atoms with Crippen LogP contribution in [0.3, 0.4) is 0 Å². The lowest BCUT2D eigenvalue weighted by Gasteiger charge is -2.12. The van der Waals surface area contributed by atoms with Crippen molar-refractivity contribution in [2.75, 3.05) is 12.4 Å². The molecule has 10 heavy (non-hydrogen) atoms. The summed E-state index contributed by atoms with van der Waals surface area (Å²) in [6.07, 6.45) is 4.89. The second-order valence-electron chi connectivity index (χ2n) is 2.68. The van der Waals surface area contributed by atoms with E-state index >= 15 is 0 Å². The van der Waals surface area contributed by atoms with Crippen LogP contribution in [0.4, 0.5) is 0 Å². The number of rotatable bonds is 3. The van der Waals surface area contributed by atoms with E-state index in [0.29, 0.717) is 0 Å². The summed E-state index contributed by atoms with van der Waals surface area (Å²) in [6, 6.07) is 0. The molecule has 0 aliphatic carbocycles. The summed E-state index contributed by atoms with van der Waals surface area (Å²) in [5, 5.41) is 0. The van der Waals surface area contributed by atoms with E-state index < -0.39 is 0 Å². The van der Waals surface area contributed by atoms with Crippen LogP contribution in [0.2, 0.25) is 0 Å². The minimum absolute atomic E-state index is 1.17. The summed E-state index contributed by atoms with van der Waals surface area (Å²) in [7, 11) is 0. The zero-order valence-corrected chi connectivity index (χ0v) is 7.58. The Balaban J connectivity index is 2.18. The molecule has 0 aromatic carbocycles. The summed E-state index contributed by atoms with van der Waals surface area (Å²) in [6.45, 7) is 5.65. The van der Waals surface area contributed by atoms with Gasteiger partial charge in [0.2, 0.25) is 0 Å². The number of thioether (sulfide) groups is 1. The molecular weight excluding hydrogens is 142 g/mol. The third-order valence-corrected chi connectivity index (χ3v) is 2.64. The molecule has 0 saturated carbocycles. The van der Waals surface area contributed by atoms with E-state index in [9.17, 15) is 0 Å². The number of hydrogen-bond donors (Lipinski definition) is 0. The third kappa shape index (κ3) is 2.25. The van der Waals surface area contributed by atoms with Crippen molar-refractivity contribution in [3.8, 4) is 0 Å². The fraction of sp³-hybridized carbons (Fsp3) is 0.750. The highest BCUT2D eigenvalue weighted by atomic mass is 32.2. The lowest BCUT2D eigenvalue weighted by atomic mass is 10.3. The standard InChI is InChI=1S/C8H15NS/c1-3-4-5-9-6-8(2)10-7-9/h6H,3-5,7H2,1-2H3. The lowest BCUT2D eigenvalue weighted by molar-refractivity contribution is 0.432. The molecule has 1 aliphatic rings. The monoisotopic (exact) mass is 157 g/mol. The van der Waals surface area contributed by atoms with E-state index in [4.69, 9.17) is 0 Å². The van der Waals surface area contributed by atoms with Crippen LogP contribution in [0.1, 0.15) is 26.7 Å². The van der Waals surface area contributed by atoms with Crippen molar-refractivity contribution in [1.29, 1.82) is 0 Å². The van der Waals surface area contributed by atoms with Crippen LogP contribution in [0.15, 0.2) is 11.1 Å². The second-order valence-corrected chi connectivity index (χ2v) is 3.87. The van der Waals surface area contributed by atoms with Gasteiger partial charge in [0.05, 0.1) is 5.88 Å². The fourth-order valence-corrected chi connectivity index (χ4v) is 1.80. The van der Waals surface area contributed by atoms with Gasteiger partial charge < -0.3 is 4.90 Å². The van der Waals surface area contributed by atoms with Gasteiger partial charge in [-0.25, -0.2) is 0 Å². The van der Waals surface area contributed by atoms with E-state index in [1.165, 1.54) is 30.2 Å². The molecule has 0 atom stereocenters. The SMILES string of the molecule is CCCCN1C=C(C)SC1. The molecule has 0 N–H and O–H groups in total. The minimum atomic E-state index is 1.17. The maximum Gasteiger partial charge on any atom is 0.0677 e. The molecule has 0 aromatic heterocycles. The van der Waals surface area contributed by atoms with Crippen LogP contribution in [0.25, 0.3) is 0 Å². The summed E-state index contributed by atoms with van der Waals surface area (Å²) in [4.78, 5) is 3.85. The van der Waals surface area contributed by atoms with E-state index in [2.05, 4.69) is 24.9 Å². The Morgan fingerprint density at radius 2 is 2.50 bits per heavy atom. The number of hydrogen-bond acceptors (Lipinski definition) is 2.